The van der Waals surface area contributed by atoms with Crippen LogP contribution >= 0.6 is 0 Å². The summed E-state index contributed by atoms with van der Waals surface area (Å²) < 4.78 is 25.9. The van der Waals surface area contributed by atoms with Gasteiger partial charge in [-0.15, -0.1) is 0 Å². The SMILES string of the molecule is CC1(C)OB(c2ccc(F)c3c2CCC3)OC1(C)C. The number of hydrogen-bond donors (Lipinski definition) is 0. The Morgan fingerprint density at radius 1 is 1.00 bits per heavy atom. The minimum absolute atomic E-state index is 0.0900. The summed E-state index contributed by atoms with van der Waals surface area (Å²) in [6, 6.07) is 3.37. The van der Waals surface area contributed by atoms with E-state index in [-0.39, 0.29) is 24.1 Å². The van der Waals surface area contributed by atoms with Gasteiger partial charge in [0, 0.05) is 0 Å². The van der Waals surface area contributed by atoms with E-state index in [1.54, 1.807) is 6.07 Å². The molecule has 1 aromatic rings. The number of rotatable bonds is 1. The molecule has 0 unspecified atom stereocenters. The summed E-state index contributed by atoms with van der Waals surface area (Å²) in [5.41, 5.74) is 2.26. The molecular formula is C15H20BFO2. The third-order valence-corrected chi connectivity index (χ3v) is 4.77. The van der Waals surface area contributed by atoms with Crippen LogP contribution in [0.3, 0.4) is 0 Å². The molecule has 3 rings (SSSR count). The predicted octanol–water partition coefficient (Wildman–Crippen LogP) is 2.61. The zero-order valence-electron chi connectivity index (χ0n) is 12.0. The van der Waals surface area contributed by atoms with Crippen molar-refractivity contribution in [3.8, 4) is 0 Å². The van der Waals surface area contributed by atoms with Gasteiger partial charge in [0.05, 0.1) is 11.2 Å². The third-order valence-electron chi connectivity index (χ3n) is 4.77. The molecule has 1 aromatic carbocycles. The van der Waals surface area contributed by atoms with E-state index in [1.807, 2.05) is 33.8 Å². The Labute approximate surface area is 114 Å². The first kappa shape index (κ1) is 13.1. The summed E-state index contributed by atoms with van der Waals surface area (Å²) >= 11 is 0. The highest BCUT2D eigenvalue weighted by Crippen LogP contribution is 2.37. The lowest BCUT2D eigenvalue weighted by Crippen LogP contribution is -2.41. The molecule has 2 aliphatic rings. The first-order valence-electron chi connectivity index (χ1n) is 6.98. The molecular weight excluding hydrogens is 242 g/mol. The average molecular weight is 262 g/mol. The van der Waals surface area contributed by atoms with Gasteiger partial charge in [-0.3, -0.25) is 0 Å². The molecule has 0 amide bonds. The van der Waals surface area contributed by atoms with E-state index in [0.717, 1.165) is 35.9 Å². The Bertz CT molecular complexity index is 509. The molecule has 0 atom stereocenters. The van der Waals surface area contributed by atoms with Crippen LogP contribution in [0.25, 0.3) is 0 Å². The molecule has 4 heteroatoms. The third kappa shape index (κ3) is 1.93. The highest BCUT2D eigenvalue weighted by molar-refractivity contribution is 6.62. The molecule has 0 aromatic heterocycles. The second kappa shape index (κ2) is 4.06. The summed E-state index contributed by atoms with van der Waals surface area (Å²) in [4.78, 5) is 0. The summed E-state index contributed by atoms with van der Waals surface area (Å²) in [6.07, 6.45) is 2.77. The minimum Gasteiger partial charge on any atom is -0.399 e. The first-order valence-corrected chi connectivity index (χ1v) is 6.98. The molecule has 1 heterocycles. The maximum atomic E-state index is 13.8. The predicted molar refractivity (Wildman–Crippen MR) is 74.1 cm³/mol. The van der Waals surface area contributed by atoms with Crippen LogP contribution in [0.5, 0.6) is 0 Å². The highest BCUT2D eigenvalue weighted by Gasteiger charge is 2.52. The van der Waals surface area contributed by atoms with Crippen molar-refractivity contribution in [2.45, 2.75) is 58.2 Å². The van der Waals surface area contributed by atoms with E-state index in [1.165, 1.54) is 0 Å². The lowest BCUT2D eigenvalue weighted by atomic mass is 9.75. The maximum absolute atomic E-state index is 13.8. The van der Waals surface area contributed by atoms with Crippen LogP contribution in [0.4, 0.5) is 4.39 Å². The van der Waals surface area contributed by atoms with Crippen LogP contribution < -0.4 is 5.46 Å². The fourth-order valence-corrected chi connectivity index (χ4v) is 2.88. The van der Waals surface area contributed by atoms with E-state index in [4.69, 9.17) is 9.31 Å². The first-order chi connectivity index (χ1) is 8.82. The van der Waals surface area contributed by atoms with E-state index in [0.29, 0.717) is 0 Å². The molecule has 0 saturated carbocycles. The van der Waals surface area contributed by atoms with Crippen molar-refractivity contribution in [3.05, 3.63) is 29.1 Å². The lowest BCUT2D eigenvalue weighted by molar-refractivity contribution is 0.00578. The molecule has 0 radical (unpaired) electrons. The molecule has 19 heavy (non-hydrogen) atoms. The van der Waals surface area contributed by atoms with Gasteiger partial charge in [-0.25, -0.2) is 4.39 Å². The molecule has 0 spiro atoms. The van der Waals surface area contributed by atoms with Crippen molar-refractivity contribution in [3.63, 3.8) is 0 Å². The Balaban J connectivity index is 2.00. The van der Waals surface area contributed by atoms with E-state index < -0.39 is 0 Å². The molecule has 1 aliphatic heterocycles. The van der Waals surface area contributed by atoms with Gasteiger partial charge < -0.3 is 9.31 Å². The summed E-state index contributed by atoms with van der Waals surface area (Å²) in [5.74, 6) is -0.0900. The van der Waals surface area contributed by atoms with Crippen molar-refractivity contribution in [2.75, 3.05) is 0 Å². The van der Waals surface area contributed by atoms with Gasteiger partial charge in [0.25, 0.3) is 0 Å². The fourth-order valence-electron chi connectivity index (χ4n) is 2.88. The minimum atomic E-state index is -0.377. The number of hydrogen-bond acceptors (Lipinski definition) is 2. The smallest absolute Gasteiger partial charge is 0.399 e. The second-order valence-electron chi connectivity index (χ2n) is 6.54. The van der Waals surface area contributed by atoms with Gasteiger partial charge >= 0.3 is 7.12 Å². The van der Waals surface area contributed by atoms with Gasteiger partial charge in [0.15, 0.2) is 0 Å². The van der Waals surface area contributed by atoms with Crippen molar-refractivity contribution >= 4 is 12.6 Å². The number of halogens is 1. The normalized spacial score (nSPS) is 23.7. The molecule has 1 aliphatic carbocycles. The molecule has 2 nitrogen and oxygen atoms in total. The molecule has 1 saturated heterocycles. The zero-order valence-corrected chi connectivity index (χ0v) is 12.0. The van der Waals surface area contributed by atoms with Crippen LogP contribution in [-0.4, -0.2) is 18.3 Å². The average Bonchev–Trinajstić information content (AvgIpc) is 2.84. The van der Waals surface area contributed by atoms with Crippen molar-refractivity contribution in [1.82, 2.24) is 0 Å². The number of fused-ring (bicyclic) bond motifs is 1. The second-order valence-corrected chi connectivity index (χ2v) is 6.54. The quantitative estimate of drug-likeness (QED) is 0.724. The molecule has 0 N–H and O–H groups in total. The van der Waals surface area contributed by atoms with Crippen LogP contribution in [0, 0.1) is 5.82 Å². The fraction of sp³-hybridized carbons (Fsp3) is 0.600. The molecule has 102 valence electrons. The van der Waals surface area contributed by atoms with Crippen molar-refractivity contribution in [1.29, 1.82) is 0 Å². The van der Waals surface area contributed by atoms with Gasteiger partial charge in [-0.2, -0.15) is 0 Å². The molecule has 1 fully saturated rings. The lowest BCUT2D eigenvalue weighted by Gasteiger charge is -2.32. The standard InChI is InChI=1S/C15H20BFO2/c1-14(2)15(3,4)19-16(18-14)12-8-9-13(17)11-7-5-6-10(11)12/h8-9H,5-7H2,1-4H3. The highest BCUT2D eigenvalue weighted by atomic mass is 19.1. The molecule has 0 bridgehead atoms. The van der Waals surface area contributed by atoms with Gasteiger partial charge in [-0.1, -0.05) is 6.07 Å². The maximum Gasteiger partial charge on any atom is 0.495 e. The van der Waals surface area contributed by atoms with Crippen molar-refractivity contribution in [2.24, 2.45) is 0 Å². The van der Waals surface area contributed by atoms with Crippen LogP contribution in [0.2, 0.25) is 0 Å². The largest absolute Gasteiger partial charge is 0.495 e. The van der Waals surface area contributed by atoms with E-state index >= 15 is 0 Å². The summed E-state index contributed by atoms with van der Waals surface area (Å²) in [7, 11) is -0.377. The zero-order chi connectivity index (χ0) is 13.8. The van der Waals surface area contributed by atoms with E-state index in [9.17, 15) is 4.39 Å². The summed E-state index contributed by atoms with van der Waals surface area (Å²) in [5, 5.41) is 0. The van der Waals surface area contributed by atoms with Crippen molar-refractivity contribution < 1.29 is 13.7 Å². The Hall–Kier alpha value is -0.865. The number of benzene rings is 1. The van der Waals surface area contributed by atoms with Crippen LogP contribution in [-0.2, 0) is 22.2 Å². The van der Waals surface area contributed by atoms with E-state index in [2.05, 4.69) is 0 Å². The Morgan fingerprint density at radius 2 is 1.58 bits per heavy atom. The Morgan fingerprint density at radius 3 is 2.21 bits per heavy atom. The van der Waals surface area contributed by atoms with Gasteiger partial charge in [0.2, 0.25) is 0 Å². The summed E-state index contributed by atoms with van der Waals surface area (Å²) in [6.45, 7) is 8.15. The van der Waals surface area contributed by atoms with Gasteiger partial charge in [-0.05, 0) is 69.6 Å². The van der Waals surface area contributed by atoms with Gasteiger partial charge in [0.1, 0.15) is 5.82 Å². The monoisotopic (exact) mass is 262 g/mol. The van der Waals surface area contributed by atoms with Crippen LogP contribution in [0.1, 0.15) is 45.2 Å². The topological polar surface area (TPSA) is 18.5 Å². The van der Waals surface area contributed by atoms with Crippen LogP contribution in [0.15, 0.2) is 12.1 Å². The Kier molecular flexibility index (Phi) is 2.81.